The molecule has 0 aliphatic rings. The zero-order chi connectivity index (χ0) is 15.4. The number of rotatable bonds is 3. The van der Waals surface area contributed by atoms with Gasteiger partial charge in [0.25, 0.3) is 11.8 Å². The van der Waals surface area contributed by atoms with Gasteiger partial charge in [-0.2, -0.15) is 0 Å². The third kappa shape index (κ3) is 3.46. The summed E-state index contributed by atoms with van der Waals surface area (Å²) in [5.41, 5.74) is 5.44. The Morgan fingerprint density at radius 1 is 1.19 bits per heavy atom. The first-order valence-electron chi connectivity index (χ1n) is 6.47. The lowest BCUT2D eigenvalue weighted by molar-refractivity contribution is 0.0846. The SMILES string of the molecule is CCc1sc(C(=O)NNC(=O)c2ccccc2F)cc1C. The first-order chi connectivity index (χ1) is 10.0. The molecule has 2 N–H and O–H groups in total. The van der Waals surface area contributed by atoms with Crippen molar-refractivity contribution in [3.05, 3.63) is 57.0 Å². The molecule has 1 aromatic carbocycles. The van der Waals surface area contributed by atoms with E-state index in [-0.39, 0.29) is 5.56 Å². The average molecular weight is 306 g/mol. The maximum atomic E-state index is 13.4. The van der Waals surface area contributed by atoms with Crippen molar-refractivity contribution in [1.29, 1.82) is 0 Å². The zero-order valence-corrected chi connectivity index (χ0v) is 12.5. The van der Waals surface area contributed by atoms with Gasteiger partial charge in [0.2, 0.25) is 0 Å². The van der Waals surface area contributed by atoms with E-state index in [0.717, 1.165) is 16.9 Å². The largest absolute Gasteiger partial charge is 0.279 e. The number of carbonyl (C=O) groups is 2. The molecule has 0 radical (unpaired) electrons. The molecule has 2 rings (SSSR count). The molecular weight excluding hydrogens is 291 g/mol. The molecule has 1 aromatic heterocycles. The predicted molar refractivity (Wildman–Crippen MR) is 79.8 cm³/mol. The highest BCUT2D eigenvalue weighted by Crippen LogP contribution is 2.22. The fraction of sp³-hybridized carbons (Fsp3) is 0.200. The summed E-state index contributed by atoms with van der Waals surface area (Å²) in [7, 11) is 0. The van der Waals surface area contributed by atoms with Crippen LogP contribution in [-0.2, 0) is 6.42 Å². The Bertz CT molecular complexity index is 682. The zero-order valence-electron chi connectivity index (χ0n) is 11.7. The van der Waals surface area contributed by atoms with Crippen molar-refractivity contribution in [2.24, 2.45) is 0 Å². The van der Waals surface area contributed by atoms with E-state index in [0.29, 0.717) is 4.88 Å². The highest BCUT2D eigenvalue weighted by atomic mass is 32.1. The van der Waals surface area contributed by atoms with Gasteiger partial charge in [0.15, 0.2) is 0 Å². The number of hydrogen-bond donors (Lipinski definition) is 2. The molecule has 2 amide bonds. The van der Waals surface area contributed by atoms with Crippen molar-refractivity contribution in [2.45, 2.75) is 20.3 Å². The number of thiophene rings is 1. The van der Waals surface area contributed by atoms with Gasteiger partial charge in [-0.3, -0.25) is 20.4 Å². The van der Waals surface area contributed by atoms with Crippen LogP contribution in [0.15, 0.2) is 30.3 Å². The molecule has 0 spiro atoms. The van der Waals surface area contributed by atoms with Crippen LogP contribution in [0.2, 0.25) is 0 Å². The first-order valence-corrected chi connectivity index (χ1v) is 7.29. The van der Waals surface area contributed by atoms with Crippen molar-refractivity contribution in [1.82, 2.24) is 10.9 Å². The number of carbonyl (C=O) groups excluding carboxylic acids is 2. The lowest BCUT2D eigenvalue weighted by Gasteiger charge is -2.06. The maximum Gasteiger partial charge on any atom is 0.279 e. The van der Waals surface area contributed by atoms with E-state index in [2.05, 4.69) is 10.9 Å². The number of nitrogens with one attached hydrogen (secondary N) is 2. The summed E-state index contributed by atoms with van der Waals surface area (Å²) in [4.78, 5) is 25.3. The van der Waals surface area contributed by atoms with Gasteiger partial charge in [-0.15, -0.1) is 11.3 Å². The van der Waals surface area contributed by atoms with Crippen LogP contribution in [0.1, 0.15) is 37.4 Å². The fourth-order valence-corrected chi connectivity index (χ4v) is 2.88. The second kappa shape index (κ2) is 6.49. The van der Waals surface area contributed by atoms with Crippen LogP contribution in [0, 0.1) is 12.7 Å². The highest BCUT2D eigenvalue weighted by Gasteiger charge is 2.14. The van der Waals surface area contributed by atoms with Gasteiger partial charge in [0, 0.05) is 4.88 Å². The van der Waals surface area contributed by atoms with E-state index in [1.54, 1.807) is 12.1 Å². The number of aryl methyl sites for hydroxylation is 2. The molecule has 0 aliphatic carbocycles. The van der Waals surface area contributed by atoms with E-state index in [1.165, 1.54) is 29.5 Å². The molecule has 0 fully saturated rings. The third-order valence-corrected chi connectivity index (χ3v) is 4.35. The molecule has 6 heteroatoms. The smallest absolute Gasteiger partial charge is 0.267 e. The quantitative estimate of drug-likeness (QED) is 0.857. The Balaban J connectivity index is 2.01. The van der Waals surface area contributed by atoms with Gasteiger partial charge in [-0.25, -0.2) is 4.39 Å². The van der Waals surface area contributed by atoms with E-state index in [4.69, 9.17) is 0 Å². The molecule has 0 bridgehead atoms. The van der Waals surface area contributed by atoms with Crippen LogP contribution in [0.5, 0.6) is 0 Å². The summed E-state index contributed by atoms with van der Waals surface area (Å²) in [5.74, 6) is -1.73. The molecular formula is C15H15FN2O2S. The third-order valence-electron chi connectivity index (χ3n) is 2.97. The van der Waals surface area contributed by atoms with Gasteiger partial charge < -0.3 is 0 Å². The van der Waals surface area contributed by atoms with Crippen LogP contribution >= 0.6 is 11.3 Å². The van der Waals surface area contributed by atoms with Crippen LogP contribution in [0.3, 0.4) is 0 Å². The molecule has 21 heavy (non-hydrogen) atoms. The first kappa shape index (κ1) is 15.2. The highest BCUT2D eigenvalue weighted by molar-refractivity contribution is 7.14. The molecule has 0 atom stereocenters. The van der Waals surface area contributed by atoms with Gasteiger partial charge in [0.1, 0.15) is 5.82 Å². The van der Waals surface area contributed by atoms with Crippen LogP contribution in [0.25, 0.3) is 0 Å². The summed E-state index contributed by atoms with van der Waals surface area (Å²) in [6, 6.07) is 7.35. The van der Waals surface area contributed by atoms with Crippen LogP contribution in [-0.4, -0.2) is 11.8 Å². The standard InChI is InChI=1S/C15H15FN2O2S/c1-3-12-9(2)8-13(21-12)15(20)18-17-14(19)10-6-4-5-7-11(10)16/h4-8H,3H2,1-2H3,(H,17,19)(H,18,20). The average Bonchev–Trinajstić information content (AvgIpc) is 2.86. The van der Waals surface area contributed by atoms with Crippen LogP contribution < -0.4 is 10.9 Å². The Hall–Kier alpha value is -2.21. The molecule has 110 valence electrons. The monoisotopic (exact) mass is 306 g/mol. The summed E-state index contributed by atoms with van der Waals surface area (Å²) in [6.07, 6.45) is 0.853. The summed E-state index contributed by atoms with van der Waals surface area (Å²) >= 11 is 1.38. The molecule has 1 heterocycles. The minimum absolute atomic E-state index is 0.116. The summed E-state index contributed by atoms with van der Waals surface area (Å²) in [5, 5.41) is 0. The topological polar surface area (TPSA) is 58.2 Å². The van der Waals surface area contributed by atoms with Crippen LogP contribution in [0.4, 0.5) is 4.39 Å². The summed E-state index contributed by atoms with van der Waals surface area (Å²) in [6.45, 7) is 3.95. The lowest BCUT2D eigenvalue weighted by atomic mass is 10.2. The van der Waals surface area contributed by atoms with Gasteiger partial charge in [-0.05, 0) is 37.1 Å². The Labute approximate surface area is 126 Å². The van der Waals surface area contributed by atoms with Crippen molar-refractivity contribution < 1.29 is 14.0 Å². The normalized spacial score (nSPS) is 10.2. The van der Waals surface area contributed by atoms with Crippen molar-refractivity contribution in [3.63, 3.8) is 0 Å². The molecule has 0 aliphatic heterocycles. The number of amides is 2. The molecule has 2 aromatic rings. The lowest BCUT2D eigenvalue weighted by Crippen LogP contribution is -2.41. The Morgan fingerprint density at radius 2 is 1.86 bits per heavy atom. The fourth-order valence-electron chi connectivity index (χ4n) is 1.87. The van der Waals surface area contributed by atoms with E-state index >= 15 is 0 Å². The number of benzene rings is 1. The maximum absolute atomic E-state index is 13.4. The molecule has 4 nitrogen and oxygen atoms in total. The second-order valence-electron chi connectivity index (χ2n) is 4.46. The van der Waals surface area contributed by atoms with Gasteiger partial charge >= 0.3 is 0 Å². The number of hydrazine groups is 1. The summed E-state index contributed by atoms with van der Waals surface area (Å²) < 4.78 is 13.4. The van der Waals surface area contributed by atoms with E-state index < -0.39 is 17.6 Å². The van der Waals surface area contributed by atoms with Crippen molar-refractivity contribution in [2.75, 3.05) is 0 Å². The minimum Gasteiger partial charge on any atom is -0.267 e. The Kier molecular flexibility index (Phi) is 4.70. The molecule has 0 saturated carbocycles. The van der Waals surface area contributed by atoms with E-state index in [1.807, 2.05) is 13.8 Å². The number of hydrogen-bond acceptors (Lipinski definition) is 3. The second-order valence-corrected chi connectivity index (χ2v) is 5.60. The molecule has 0 saturated heterocycles. The van der Waals surface area contributed by atoms with Crippen molar-refractivity contribution in [3.8, 4) is 0 Å². The minimum atomic E-state index is -0.689. The molecule has 0 unspecified atom stereocenters. The number of halogens is 1. The predicted octanol–water partition coefficient (Wildman–Crippen LogP) is 2.83. The van der Waals surface area contributed by atoms with E-state index in [9.17, 15) is 14.0 Å². The Morgan fingerprint density at radius 3 is 2.48 bits per heavy atom. The van der Waals surface area contributed by atoms with Crippen molar-refractivity contribution >= 4 is 23.2 Å². The van der Waals surface area contributed by atoms with Gasteiger partial charge in [-0.1, -0.05) is 19.1 Å². The van der Waals surface area contributed by atoms with Gasteiger partial charge in [0.05, 0.1) is 10.4 Å².